The minimum absolute atomic E-state index is 0.611. The summed E-state index contributed by atoms with van der Waals surface area (Å²) in [6.45, 7) is 0. The van der Waals surface area contributed by atoms with Gasteiger partial charge in [-0.25, -0.2) is 0 Å². The highest BCUT2D eigenvalue weighted by atomic mass is 16.1. The van der Waals surface area contributed by atoms with Crippen LogP contribution in [0.15, 0.2) is 42.5 Å². The molecule has 2 aromatic rings. The molecule has 3 nitrogen and oxygen atoms in total. The molecule has 2 rings (SSSR count). The SMILES string of the molecule is Nc1ccc(N)c(-c2ccccc2C=O)c1. The molecule has 80 valence electrons. The Morgan fingerprint density at radius 2 is 1.69 bits per heavy atom. The van der Waals surface area contributed by atoms with Crippen LogP contribution < -0.4 is 11.5 Å². The van der Waals surface area contributed by atoms with E-state index in [1.165, 1.54) is 0 Å². The number of nitrogens with two attached hydrogens (primary N) is 2. The van der Waals surface area contributed by atoms with Crippen LogP contribution in [-0.2, 0) is 0 Å². The van der Waals surface area contributed by atoms with Gasteiger partial charge in [0, 0.05) is 22.5 Å². The summed E-state index contributed by atoms with van der Waals surface area (Å²) in [5.41, 5.74) is 15.0. The van der Waals surface area contributed by atoms with E-state index in [1.807, 2.05) is 18.2 Å². The topological polar surface area (TPSA) is 69.1 Å². The maximum Gasteiger partial charge on any atom is 0.150 e. The maximum atomic E-state index is 10.9. The molecular weight excluding hydrogens is 200 g/mol. The molecule has 0 spiro atoms. The van der Waals surface area contributed by atoms with E-state index in [-0.39, 0.29) is 0 Å². The molecule has 0 aliphatic heterocycles. The highest BCUT2D eigenvalue weighted by molar-refractivity contribution is 5.91. The minimum Gasteiger partial charge on any atom is -0.399 e. The van der Waals surface area contributed by atoms with E-state index in [9.17, 15) is 4.79 Å². The second kappa shape index (κ2) is 4.06. The number of hydrogen-bond acceptors (Lipinski definition) is 3. The van der Waals surface area contributed by atoms with Crippen LogP contribution in [0, 0.1) is 0 Å². The maximum absolute atomic E-state index is 10.9. The highest BCUT2D eigenvalue weighted by Crippen LogP contribution is 2.29. The first-order valence-electron chi connectivity index (χ1n) is 4.92. The van der Waals surface area contributed by atoms with Gasteiger partial charge >= 0.3 is 0 Å². The molecule has 0 saturated heterocycles. The average Bonchev–Trinajstić information content (AvgIpc) is 2.32. The lowest BCUT2D eigenvalue weighted by molar-refractivity contribution is 0.112. The predicted molar refractivity (Wildman–Crippen MR) is 66.1 cm³/mol. The number of anilines is 2. The largest absolute Gasteiger partial charge is 0.399 e. The fourth-order valence-corrected chi connectivity index (χ4v) is 1.65. The third-order valence-corrected chi connectivity index (χ3v) is 2.46. The molecule has 4 N–H and O–H groups in total. The van der Waals surface area contributed by atoms with Crippen molar-refractivity contribution in [2.75, 3.05) is 11.5 Å². The molecule has 0 fully saturated rings. The van der Waals surface area contributed by atoms with Crippen molar-refractivity contribution in [3.8, 4) is 11.1 Å². The normalized spacial score (nSPS) is 10.0. The van der Waals surface area contributed by atoms with Crippen molar-refractivity contribution < 1.29 is 4.79 Å². The van der Waals surface area contributed by atoms with Crippen molar-refractivity contribution in [3.63, 3.8) is 0 Å². The van der Waals surface area contributed by atoms with E-state index >= 15 is 0 Å². The van der Waals surface area contributed by atoms with Crippen LogP contribution in [0.3, 0.4) is 0 Å². The van der Waals surface area contributed by atoms with Gasteiger partial charge in [0.2, 0.25) is 0 Å². The van der Waals surface area contributed by atoms with Crippen LogP contribution in [0.25, 0.3) is 11.1 Å². The summed E-state index contributed by atoms with van der Waals surface area (Å²) < 4.78 is 0. The van der Waals surface area contributed by atoms with E-state index in [0.717, 1.165) is 17.4 Å². The van der Waals surface area contributed by atoms with Gasteiger partial charge in [0.05, 0.1) is 0 Å². The average molecular weight is 212 g/mol. The zero-order chi connectivity index (χ0) is 11.5. The summed E-state index contributed by atoms with van der Waals surface area (Å²) in [7, 11) is 0. The molecule has 2 aromatic carbocycles. The third kappa shape index (κ3) is 1.75. The molecule has 0 aliphatic rings. The van der Waals surface area contributed by atoms with E-state index in [4.69, 9.17) is 11.5 Å². The van der Waals surface area contributed by atoms with Crippen LogP contribution in [0.2, 0.25) is 0 Å². The summed E-state index contributed by atoms with van der Waals surface area (Å²) in [6.07, 6.45) is 0.817. The third-order valence-electron chi connectivity index (χ3n) is 2.46. The number of carbonyl (C=O) groups excluding carboxylic acids is 1. The lowest BCUT2D eigenvalue weighted by Crippen LogP contribution is -1.95. The van der Waals surface area contributed by atoms with E-state index in [2.05, 4.69) is 0 Å². The van der Waals surface area contributed by atoms with Crippen LogP contribution >= 0.6 is 0 Å². The van der Waals surface area contributed by atoms with Crippen molar-refractivity contribution in [1.29, 1.82) is 0 Å². The lowest BCUT2D eigenvalue weighted by Gasteiger charge is -2.08. The molecule has 0 radical (unpaired) electrons. The van der Waals surface area contributed by atoms with E-state index in [1.54, 1.807) is 24.3 Å². The molecule has 16 heavy (non-hydrogen) atoms. The Kier molecular flexibility index (Phi) is 2.60. The number of nitrogen functional groups attached to an aromatic ring is 2. The highest BCUT2D eigenvalue weighted by Gasteiger charge is 2.07. The molecule has 0 bridgehead atoms. The first kappa shape index (κ1) is 10.2. The fraction of sp³-hybridized carbons (Fsp3) is 0. The number of rotatable bonds is 2. The minimum atomic E-state index is 0.611. The van der Waals surface area contributed by atoms with Crippen molar-refractivity contribution in [1.82, 2.24) is 0 Å². The van der Waals surface area contributed by atoms with Gasteiger partial charge in [0.1, 0.15) is 0 Å². The van der Waals surface area contributed by atoms with Crippen molar-refractivity contribution >= 4 is 17.7 Å². The quantitative estimate of drug-likeness (QED) is 0.593. The summed E-state index contributed by atoms with van der Waals surface area (Å²) >= 11 is 0. The van der Waals surface area contributed by atoms with Gasteiger partial charge in [-0.05, 0) is 23.8 Å². The lowest BCUT2D eigenvalue weighted by atomic mass is 9.98. The fourth-order valence-electron chi connectivity index (χ4n) is 1.65. The Balaban J connectivity index is 2.66. The van der Waals surface area contributed by atoms with Crippen molar-refractivity contribution in [2.45, 2.75) is 0 Å². The Morgan fingerprint density at radius 1 is 0.938 bits per heavy atom. The van der Waals surface area contributed by atoms with Gasteiger partial charge < -0.3 is 11.5 Å². The zero-order valence-corrected chi connectivity index (χ0v) is 8.68. The van der Waals surface area contributed by atoms with Crippen LogP contribution in [0.1, 0.15) is 10.4 Å². The smallest absolute Gasteiger partial charge is 0.150 e. The molecular formula is C13H12N2O. The number of hydrogen-bond donors (Lipinski definition) is 2. The van der Waals surface area contributed by atoms with Gasteiger partial charge in [-0.15, -0.1) is 0 Å². The number of benzene rings is 2. The van der Waals surface area contributed by atoms with Crippen LogP contribution in [-0.4, -0.2) is 6.29 Å². The second-order valence-electron chi connectivity index (χ2n) is 3.55. The van der Waals surface area contributed by atoms with Gasteiger partial charge in [-0.3, -0.25) is 4.79 Å². The predicted octanol–water partition coefficient (Wildman–Crippen LogP) is 2.33. The van der Waals surface area contributed by atoms with Gasteiger partial charge in [0.25, 0.3) is 0 Å². The second-order valence-corrected chi connectivity index (χ2v) is 3.55. The molecule has 0 amide bonds. The molecule has 3 heteroatoms. The summed E-state index contributed by atoms with van der Waals surface area (Å²) in [4.78, 5) is 10.9. The Morgan fingerprint density at radius 3 is 2.44 bits per heavy atom. The standard InChI is InChI=1S/C13H12N2O/c14-10-5-6-13(15)12(7-10)11-4-2-1-3-9(11)8-16/h1-8H,14-15H2. The van der Waals surface area contributed by atoms with Gasteiger partial charge in [-0.2, -0.15) is 0 Å². The monoisotopic (exact) mass is 212 g/mol. The van der Waals surface area contributed by atoms with Crippen molar-refractivity contribution in [3.05, 3.63) is 48.0 Å². The first-order chi connectivity index (χ1) is 7.72. The first-order valence-corrected chi connectivity index (χ1v) is 4.92. The summed E-state index contributed by atoms with van der Waals surface area (Å²) in [6, 6.07) is 12.5. The van der Waals surface area contributed by atoms with Crippen LogP contribution in [0.5, 0.6) is 0 Å². The number of aldehydes is 1. The van der Waals surface area contributed by atoms with E-state index < -0.39 is 0 Å². The Labute approximate surface area is 93.7 Å². The molecule has 0 atom stereocenters. The molecule has 0 unspecified atom stereocenters. The molecule has 0 heterocycles. The Bertz CT molecular complexity index is 535. The molecule has 0 aromatic heterocycles. The molecule has 0 saturated carbocycles. The van der Waals surface area contributed by atoms with E-state index in [0.29, 0.717) is 16.9 Å². The summed E-state index contributed by atoms with van der Waals surface area (Å²) in [5, 5.41) is 0. The summed E-state index contributed by atoms with van der Waals surface area (Å²) in [5.74, 6) is 0. The molecule has 0 aliphatic carbocycles. The van der Waals surface area contributed by atoms with Gasteiger partial charge in [0.15, 0.2) is 6.29 Å². The zero-order valence-electron chi connectivity index (χ0n) is 8.68. The number of carbonyl (C=O) groups is 1. The van der Waals surface area contributed by atoms with Crippen LogP contribution in [0.4, 0.5) is 11.4 Å². The van der Waals surface area contributed by atoms with Gasteiger partial charge in [-0.1, -0.05) is 24.3 Å². The Hall–Kier alpha value is -2.29. The van der Waals surface area contributed by atoms with Crippen molar-refractivity contribution in [2.24, 2.45) is 0 Å².